The maximum atomic E-state index is 12.9. The largest absolute Gasteiger partial charge is 0.510 e. The SMILES string of the molecule is C=C(O)C1OC(OC2CC(C)C(OCC([CH2+])C(=O)NCC(=O)N3CCCC3C(=O)NCC(=O)NC(C)CO)OC(CO)C2O)C(O)C(O)C1O. The second kappa shape index (κ2) is 18.9. The smallest absolute Gasteiger partial charge is 0.270 e. The minimum atomic E-state index is -1.78. The van der Waals surface area contributed by atoms with E-state index in [1.165, 1.54) is 4.90 Å². The molecule has 0 aromatic rings. The quantitative estimate of drug-likeness (QED) is 0.0564. The molecule has 0 radical (unpaired) electrons. The van der Waals surface area contributed by atoms with E-state index in [1.54, 1.807) is 13.8 Å². The second-order valence-electron chi connectivity index (χ2n) is 12.9. The van der Waals surface area contributed by atoms with Crippen LogP contribution in [0.25, 0.3) is 0 Å². The van der Waals surface area contributed by atoms with E-state index in [-0.39, 0.29) is 32.7 Å². The van der Waals surface area contributed by atoms with Crippen LogP contribution in [-0.4, -0.2) is 171 Å². The lowest BCUT2D eigenvalue weighted by molar-refractivity contribution is -0.313. The van der Waals surface area contributed by atoms with Gasteiger partial charge in [-0.05, 0) is 26.2 Å². The fraction of sp³-hybridized carbons (Fsp3) is 0.774. The van der Waals surface area contributed by atoms with Crippen molar-refractivity contribution in [2.24, 2.45) is 11.8 Å². The van der Waals surface area contributed by atoms with Crippen LogP contribution >= 0.6 is 0 Å². The topological polar surface area (TPSA) is 286 Å². The molecule has 19 nitrogen and oxygen atoms in total. The molecule has 13 atom stereocenters. The highest BCUT2D eigenvalue weighted by Crippen LogP contribution is 2.32. The van der Waals surface area contributed by atoms with Crippen molar-refractivity contribution in [1.29, 1.82) is 0 Å². The van der Waals surface area contributed by atoms with Gasteiger partial charge < -0.3 is 75.5 Å². The molecule has 3 heterocycles. The van der Waals surface area contributed by atoms with Crippen LogP contribution < -0.4 is 16.0 Å². The summed E-state index contributed by atoms with van der Waals surface area (Å²) in [5.74, 6) is -4.38. The Bertz CT molecular complexity index is 1180. The van der Waals surface area contributed by atoms with Crippen molar-refractivity contribution in [3.05, 3.63) is 19.3 Å². The van der Waals surface area contributed by atoms with Crippen LogP contribution in [0.15, 0.2) is 12.3 Å². The predicted molar refractivity (Wildman–Crippen MR) is 169 cm³/mol. The molecule has 19 heteroatoms. The average molecular weight is 720 g/mol. The Kier molecular flexibility index (Phi) is 15.6. The number of aliphatic hydroxyl groups is 7. The molecule has 0 bridgehead atoms. The third-order valence-electron chi connectivity index (χ3n) is 8.75. The number of nitrogens with one attached hydrogen (secondary N) is 3. The number of hydrogen-bond acceptors (Lipinski definition) is 15. The van der Waals surface area contributed by atoms with Crippen LogP contribution in [0, 0.1) is 18.8 Å². The lowest BCUT2D eigenvalue weighted by Crippen LogP contribution is -2.60. The van der Waals surface area contributed by atoms with Gasteiger partial charge in [0.05, 0.1) is 39.3 Å². The van der Waals surface area contributed by atoms with Crippen LogP contribution in [0.5, 0.6) is 0 Å². The van der Waals surface area contributed by atoms with Crippen LogP contribution in [0.3, 0.4) is 0 Å². The summed E-state index contributed by atoms with van der Waals surface area (Å²) in [7, 11) is 0. The van der Waals surface area contributed by atoms with Gasteiger partial charge in [-0.1, -0.05) is 13.5 Å². The Morgan fingerprint density at radius 1 is 1.00 bits per heavy atom. The number of ether oxygens (including phenoxy) is 4. The van der Waals surface area contributed by atoms with Gasteiger partial charge in [0.25, 0.3) is 5.91 Å². The molecule has 0 aromatic heterocycles. The van der Waals surface area contributed by atoms with Crippen LogP contribution in [0.1, 0.15) is 33.1 Å². The van der Waals surface area contributed by atoms with Gasteiger partial charge in [0.15, 0.2) is 18.5 Å². The summed E-state index contributed by atoms with van der Waals surface area (Å²) in [6.45, 7) is 8.61. The van der Waals surface area contributed by atoms with Crippen molar-refractivity contribution in [2.45, 2.75) is 101 Å². The minimum Gasteiger partial charge on any atom is -0.510 e. The molecule has 50 heavy (non-hydrogen) atoms. The summed E-state index contributed by atoms with van der Waals surface area (Å²) in [5.41, 5.74) is 0. The van der Waals surface area contributed by atoms with Gasteiger partial charge in [-0.15, -0.1) is 0 Å². The summed E-state index contributed by atoms with van der Waals surface area (Å²) in [6.07, 6.45) is -12.4. The molecule has 13 unspecified atom stereocenters. The summed E-state index contributed by atoms with van der Waals surface area (Å²) in [6, 6.07) is -1.30. The zero-order valence-corrected chi connectivity index (χ0v) is 28.1. The number of aliphatic hydroxyl groups excluding tert-OH is 7. The number of nitrogens with zero attached hydrogens (tertiary/aromatic N) is 1. The molecule has 3 aliphatic heterocycles. The van der Waals surface area contributed by atoms with E-state index in [0.717, 1.165) is 0 Å². The third-order valence-corrected chi connectivity index (χ3v) is 8.75. The highest BCUT2D eigenvalue weighted by atomic mass is 16.7. The van der Waals surface area contributed by atoms with Gasteiger partial charge in [0, 0.05) is 18.5 Å². The first kappa shape index (κ1) is 41.3. The zero-order chi connectivity index (χ0) is 37.3. The maximum absolute atomic E-state index is 12.9. The first-order valence-corrected chi connectivity index (χ1v) is 16.5. The first-order valence-electron chi connectivity index (χ1n) is 16.5. The van der Waals surface area contributed by atoms with Gasteiger partial charge >= 0.3 is 0 Å². The van der Waals surface area contributed by atoms with Crippen LogP contribution in [-0.2, 0) is 38.1 Å². The number of carbonyl (C=O) groups excluding carboxylic acids is 4. The van der Waals surface area contributed by atoms with Gasteiger partial charge in [0.2, 0.25) is 17.7 Å². The Labute approximate surface area is 289 Å². The molecule has 3 saturated heterocycles. The molecular weight excluding hydrogens is 668 g/mol. The van der Waals surface area contributed by atoms with Gasteiger partial charge in [-0.25, -0.2) is 0 Å². The first-order chi connectivity index (χ1) is 23.6. The Morgan fingerprint density at radius 2 is 1.70 bits per heavy atom. The van der Waals surface area contributed by atoms with E-state index < -0.39 is 122 Å². The Morgan fingerprint density at radius 3 is 2.34 bits per heavy atom. The molecule has 3 aliphatic rings. The number of rotatable bonds is 15. The van der Waals surface area contributed by atoms with Gasteiger partial charge in [0.1, 0.15) is 55.0 Å². The molecule has 3 fully saturated rings. The average Bonchev–Trinajstić information content (AvgIpc) is 3.55. The number of amides is 4. The molecule has 0 aliphatic carbocycles. The summed E-state index contributed by atoms with van der Waals surface area (Å²) in [4.78, 5) is 51.6. The molecular formula is C31H51N4O15+. The van der Waals surface area contributed by atoms with Crippen molar-refractivity contribution in [1.82, 2.24) is 20.9 Å². The van der Waals surface area contributed by atoms with Crippen molar-refractivity contribution < 1.29 is 73.9 Å². The van der Waals surface area contributed by atoms with Crippen molar-refractivity contribution >= 4 is 23.6 Å². The van der Waals surface area contributed by atoms with E-state index in [1.807, 2.05) is 0 Å². The molecule has 0 spiro atoms. The molecule has 0 aromatic carbocycles. The number of hydrogen-bond donors (Lipinski definition) is 10. The lowest BCUT2D eigenvalue weighted by atomic mass is 9.96. The van der Waals surface area contributed by atoms with E-state index in [2.05, 4.69) is 29.5 Å². The van der Waals surface area contributed by atoms with E-state index >= 15 is 0 Å². The third kappa shape index (κ3) is 10.7. The number of likely N-dealkylation sites (tertiary alicyclic amines) is 1. The normalized spacial score (nSPS) is 34.2. The summed E-state index contributed by atoms with van der Waals surface area (Å²) in [5, 5.41) is 77.8. The standard InChI is InChI=1S/C31H50N4O15/c1-14-8-19(48-31-26(44)24(42)25(43)27(50-31)17(4)38)23(41)20(12-37)49-30(14)47-13-15(2)28(45)33-10-22(40)35-7-5-6-18(35)29(46)32-9-21(39)34-16(3)11-36/h14-16,18-20,23-27,30-31,36-37,41-44H,2,4-13H2,1,3H3,(H3-,32,33,34,38,39,45,46)/p+1. The van der Waals surface area contributed by atoms with E-state index in [0.29, 0.717) is 12.8 Å². The molecule has 0 saturated carbocycles. The molecule has 4 amide bonds. The van der Waals surface area contributed by atoms with Gasteiger partial charge in [-0.2, -0.15) is 0 Å². The van der Waals surface area contributed by atoms with Crippen LogP contribution in [0.2, 0.25) is 0 Å². The molecule has 3 rings (SSSR count). The van der Waals surface area contributed by atoms with Crippen molar-refractivity contribution in [2.75, 3.05) is 39.5 Å². The Balaban J connectivity index is 1.50. The fourth-order valence-corrected chi connectivity index (χ4v) is 5.83. The van der Waals surface area contributed by atoms with E-state index in [9.17, 15) is 49.8 Å². The minimum absolute atomic E-state index is 0.0117. The highest BCUT2D eigenvalue weighted by molar-refractivity contribution is 5.92. The van der Waals surface area contributed by atoms with Gasteiger partial charge in [-0.3, -0.25) is 19.2 Å². The summed E-state index contributed by atoms with van der Waals surface area (Å²) >= 11 is 0. The van der Waals surface area contributed by atoms with Crippen LogP contribution in [0.4, 0.5) is 0 Å². The second-order valence-corrected chi connectivity index (χ2v) is 12.9. The molecule has 284 valence electrons. The fourth-order valence-electron chi connectivity index (χ4n) is 5.83. The highest BCUT2D eigenvalue weighted by Gasteiger charge is 2.48. The maximum Gasteiger partial charge on any atom is 0.270 e. The lowest BCUT2D eigenvalue weighted by Gasteiger charge is -2.41. The number of carbonyl (C=O) groups is 4. The zero-order valence-electron chi connectivity index (χ0n) is 28.1. The predicted octanol–water partition coefficient (Wildman–Crippen LogP) is -4.46. The van der Waals surface area contributed by atoms with Crippen molar-refractivity contribution in [3.8, 4) is 0 Å². The monoisotopic (exact) mass is 719 g/mol. The Hall–Kier alpha value is -3.11. The summed E-state index contributed by atoms with van der Waals surface area (Å²) < 4.78 is 22.7. The van der Waals surface area contributed by atoms with E-state index in [4.69, 9.17) is 24.1 Å². The molecule has 10 N–H and O–H groups in total. The van der Waals surface area contributed by atoms with Crippen molar-refractivity contribution in [3.63, 3.8) is 0 Å².